The first-order chi connectivity index (χ1) is 11.7. The topological polar surface area (TPSA) is 81.5 Å². The Balaban J connectivity index is 1.42. The third-order valence-corrected chi connectivity index (χ3v) is 4.54. The summed E-state index contributed by atoms with van der Waals surface area (Å²) in [7, 11) is 1.60. The number of nitrogens with zero attached hydrogens (tertiary/aromatic N) is 4. The van der Waals surface area contributed by atoms with Gasteiger partial charge in [-0.2, -0.15) is 0 Å². The van der Waals surface area contributed by atoms with Crippen molar-refractivity contribution >= 4 is 11.7 Å². The quantitative estimate of drug-likeness (QED) is 0.906. The van der Waals surface area contributed by atoms with Gasteiger partial charge in [-0.25, -0.2) is 9.48 Å². The van der Waals surface area contributed by atoms with Crippen LogP contribution in [0.5, 0.6) is 5.75 Å². The van der Waals surface area contributed by atoms with Crippen LogP contribution in [0.15, 0.2) is 30.5 Å². The van der Waals surface area contributed by atoms with E-state index in [2.05, 4.69) is 15.6 Å². The molecule has 126 valence electrons. The van der Waals surface area contributed by atoms with Gasteiger partial charge in [0.1, 0.15) is 5.75 Å². The van der Waals surface area contributed by atoms with Gasteiger partial charge in [0.05, 0.1) is 44.3 Å². The largest absolute Gasteiger partial charge is 0.497 e. The van der Waals surface area contributed by atoms with E-state index < -0.39 is 0 Å². The lowest BCUT2D eigenvalue weighted by atomic mass is 10.0. The molecule has 8 nitrogen and oxygen atoms in total. The first-order valence-corrected chi connectivity index (χ1v) is 7.95. The van der Waals surface area contributed by atoms with Crippen LogP contribution < -0.4 is 10.1 Å². The van der Waals surface area contributed by atoms with Crippen LogP contribution in [0.4, 0.5) is 10.5 Å². The first-order valence-electron chi connectivity index (χ1n) is 7.95. The van der Waals surface area contributed by atoms with E-state index in [-0.39, 0.29) is 18.2 Å². The molecular weight excluding hydrogens is 310 g/mol. The minimum Gasteiger partial charge on any atom is -0.497 e. The zero-order valence-corrected chi connectivity index (χ0v) is 13.4. The third kappa shape index (κ3) is 2.69. The molecule has 0 spiro atoms. The Morgan fingerprint density at radius 3 is 3.25 bits per heavy atom. The third-order valence-electron chi connectivity index (χ3n) is 4.54. The SMILES string of the molecule is COc1cccc(NC(=O)N2CC[C@H]3[C@H](C2)OCc2cnnn23)c1. The zero-order chi connectivity index (χ0) is 16.5. The molecule has 4 rings (SSSR count). The van der Waals surface area contributed by atoms with Crippen LogP contribution in [0, 0.1) is 0 Å². The molecule has 8 heteroatoms. The number of anilines is 1. The van der Waals surface area contributed by atoms with Crippen LogP contribution in [-0.4, -0.2) is 52.2 Å². The molecule has 3 heterocycles. The van der Waals surface area contributed by atoms with Crippen molar-refractivity contribution in [2.45, 2.75) is 25.2 Å². The second-order valence-electron chi connectivity index (χ2n) is 5.98. The number of carbonyl (C=O) groups excluding carboxylic acids is 1. The predicted octanol–water partition coefficient (Wildman–Crippen LogP) is 1.66. The fraction of sp³-hybridized carbons (Fsp3) is 0.438. The lowest BCUT2D eigenvalue weighted by Crippen LogP contribution is -2.51. The maximum atomic E-state index is 12.5. The van der Waals surface area contributed by atoms with Gasteiger partial charge < -0.3 is 19.7 Å². The van der Waals surface area contributed by atoms with Crippen molar-refractivity contribution in [1.29, 1.82) is 0 Å². The molecule has 0 bridgehead atoms. The standard InChI is InChI=1S/C16H19N5O3/c1-23-13-4-2-3-11(7-13)18-16(22)20-6-5-14-15(9-20)24-10-12-8-17-19-21(12)14/h2-4,7-8,14-15H,5-6,9-10H2,1H3,(H,18,22)/t14-,15-/m0/s1. The normalized spacial score (nSPS) is 22.5. The van der Waals surface area contributed by atoms with Gasteiger partial charge in [-0.15, -0.1) is 5.10 Å². The minimum atomic E-state index is -0.130. The number of nitrogens with one attached hydrogen (secondary N) is 1. The Morgan fingerprint density at radius 2 is 2.38 bits per heavy atom. The zero-order valence-electron chi connectivity index (χ0n) is 13.4. The number of hydrogen-bond acceptors (Lipinski definition) is 5. The number of methoxy groups -OCH3 is 1. The van der Waals surface area contributed by atoms with Gasteiger partial charge in [0, 0.05) is 18.3 Å². The lowest BCUT2D eigenvalue weighted by Gasteiger charge is -2.40. The molecule has 0 saturated carbocycles. The van der Waals surface area contributed by atoms with Crippen molar-refractivity contribution in [3.8, 4) is 5.75 Å². The van der Waals surface area contributed by atoms with Gasteiger partial charge in [0.25, 0.3) is 0 Å². The fourth-order valence-electron chi connectivity index (χ4n) is 3.28. The molecule has 1 aromatic heterocycles. The van der Waals surface area contributed by atoms with E-state index in [9.17, 15) is 4.79 Å². The molecule has 2 atom stereocenters. The van der Waals surface area contributed by atoms with Gasteiger partial charge in [-0.1, -0.05) is 11.3 Å². The molecule has 24 heavy (non-hydrogen) atoms. The number of fused-ring (bicyclic) bond motifs is 3. The molecule has 2 aliphatic rings. The summed E-state index contributed by atoms with van der Waals surface area (Å²) >= 11 is 0. The molecule has 2 aliphatic heterocycles. The molecule has 0 unspecified atom stereocenters. The number of carbonyl (C=O) groups is 1. The van der Waals surface area contributed by atoms with E-state index in [1.54, 1.807) is 24.3 Å². The van der Waals surface area contributed by atoms with Gasteiger partial charge >= 0.3 is 6.03 Å². The Hall–Kier alpha value is -2.61. The highest BCUT2D eigenvalue weighted by atomic mass is 16.5. The van der Waals surface area contributed by atoms with E-state index in [0.717, 1.165) is 12.1 Å². The predicted molar refractivity (Wildman–Crippen MR) is 85.8 cm³/mol. The molecule has 1 aromatic carbocycles. The number of ether oxygens (including phenoxy) is 2. The summed E-state index contributed by atoms with van der Waals surface area (Å²) in [4.78, 5) is 14.3. The number of aromatic nitrogens is 3. The van der Waals surface area contributed by atoms with E-state index >= 15 is 0 Å². The Kier molecular flexibility index (Phi) is 3.81. The maximum absolute atomic E-state index is 12.5. The molecule has 1 fully saturated rings. The van der Waals surface area contributed by atoms with Crippen molar-refractivity contribution in [2.75, 3.05) is 25.5 Å². The molecule has 1 saturated heterocycles. The molecule has 2 aromatic rings. The van der Waals surface area contributed by atoms with Crippen molar-refractivity contribution in [1.82, 2.24) is 19.9 Å². The van der Waals surface area contributed by atoms with E-state index in [1.807, 2.05) is 22.9 Å². The average Bonchev–Trinajstić information content (AvgIpc) is 3.10. The summed E-state index contributed by atoms with van der Waals surface area (Å²) in [5, 5.41) is 11.0. The molecule has 0 aliphatic carbocycles. The average molecular weight is 329 g/mol. The smallest absolute Gasteiger partial charge is 0.321 e. The van der Waals surface area contributed by atoms with Crippen molar-refractivity contribution < 1.29 is 14.3 Å². The Morgan fingerprint density at radius 1 is 1.46 bits per heavy atom. The number of rotatable bonds is 2. The van der Waals surface area contributed by atoms with Crippen molar-refractivity contribution in [3.05, 3.63) is 36.2 Å². The summed E-state index contributed by atoms with van der Waals surface area (Å²) in [5.41, 5.74) is 1.70. The van der Waals surface area contributed by atoms with E-state index in [0.29, 0.717) is 31.1 Å². The van der Waals surface area contributed by atoms with Gasteiger partial charge in [0.15, 0.2) is 0 Å². The fourth-order valence-corrected chi connectivity index (χ4v) is 3.28. The highest BCUT2D eigenvalue weighted by Gasteiger charge is 2.37. The highest BCUT2D eigenvalue weighted by Crippen LogP contribution is 2.30. The number of amides is 2. The molecule has 2 amide bonds. The van der Waals surface area contributed by atoms with Crippen LogP contribution in [-0.2, 0) is 11.3 Å². The molecule has 1 N–H and O–H groups in total. The summed E-state index contributed by atoms with van der Waals surface area (Å²) in [5.74, 6) is 0.709. The summed E-state index contributed by atoms with van der Waals surface area (Å²) in [6, 6.07) is 7.34. The second-order valence-corrected chi connectivity index (χ2v) is 5.98. The van der Waals surface area contributed by atoms with Gasteiger partial charge in [0.2, 0.25) is 0 Å². The summed E-state index contributed by atoms with van der Waals surface area (Å²) in [6.45, 7) is 1.68. The number of urea groups is 1. The Bertz CT molecular complexity index is 747. The molecular formula is C16H19N5O3. The highest BCUT2D eigenvalue weighted by molar-refractivity contribution is 5.89. The number of likely N-dealkylation sites (tertiary alicyclic amines) is 1. The van der Waals surface area contributed by atoms with Crippen molar-refractivity contribution in [2.24, 2.45) is 0 Å². The van der Waals surface area contributed by atoms with Crippen LogP contribution in [0.2, 0.25) is 0 Å². The second kappa shape index (κ2) is 6.12. The minimum absolute atomic E-state index is 0.0518. The van der Waals surface area contributed by atoms with Crippen molar-refractivity contribution in [3.63, 3.8) is 0 Å². The van der Waals surface area contributed by atoms with Crippen LogP contribution in [0.1, 0.15) is 18.2 Å². The van der Waals surface area contributed by atoms with E-state index in [1.165, 1.54) is 0 Å². The summed E-state index contributed by atoms with van der Waals surface area (Å²) < 4.78 is 13.0. The van der Waals surface area contributed by atoms with Gasteiger partial charge in [-0.3, -0.25) is 0 Å². The number of benzene rings is 1. The maximum Gasteiger partial charge on any atom is 0.321 e. The first kappa shape index (κ1) is 14.9. The van der Waals surface area contributed by atoms with Crippen LogP contribution in [0.3, 0.4) is 0 Å². The van der Waals surface area contributed by atoms with Crippen LogP contribution in [0.25, 0.3) is 0 Å². The van der Waals surface area contributed by atoms with E-state index in [4.69, 9.17) is 9.47 Å². The Labute approximate surface area is 139 Å². The van der Waals surface area contributed by atoms with Gasteiger partial charge in [-0.05, 0) is 18.6 Å². The van der Waals surface area contributed by atoms with Crippen LogP contribution >= 0.6 is 0 Å². The lowest BCUT2D eigenvalue weighted by molar-refractivity contribution is -0.0595. The monoisotopic (exact) mass is 329 g/mol. The summed E-state index contributed by atoms with van der Waals surface area (Å²) in [6.07, 6.45) is 2.48. The number of hydrogen-bond donors (Lipinski definition) is 1. The number of piperidine rings is 1. The molecule has 0 radical (unpaired) electrons.